The first-order valence-corrected chi connectivity index (χ1v) is 14.3. The van der Waals surface area contributed by atoms with E-state index in [1.54, 1.807) is 36.4 Å². The third-order valence-corrected chi connectivity index (χ3v) is 7.34. The van der Waals surface area contributed by atoms with Crippen molar-refractivity contribution >= 4 is 30.7 Å². The smallest absolute Gasteiger partial charge is 0.395 e. The van der Waals surface area contributed by atoms with Crippen LogP contribution in [0.5, 0.6) is 11.5 Å². The summed E-state index contributed by atoms with van der Waals surface area (Å²) in [4.78, 5) is 41.2. The number of carbonyl (C=O) groups excluding carboxylic acids is 1. The van der Waals surface area contributed by atoms with Crippen molar-refractivity contribution < 1.29 is 37.9 Å². The van der Waals surface area contributed by atoms with Crippen molar-refractivity contribution in [3.05, 3.63) is 59.1 Å². The molecule has 3 aromatic rings. The number of nitrogen functional groups attached to an aromatic ring is 1. The van der Waals surface area contributed by atoms with Crippen LogP contribution in [0.25, 0.3) is 10.8 Å². The standard InChI is InChI=1S/C28H34FN4O8P/c1-16(24(34)39-15-27(2,3)4)32-42(37)41-22-18-9-7-6-8-17(18)10-11-19(22)38-14-20-23(29)28(5,36)25(40-20)33-13-12-21(30)31-26(33)35/h6-13,16,20,23,25,36H,14-15H2,1-5H3,(H2,30,31,35)/t16-,20+,23+,25+,28+/m0/s1. The Kier molecular flexibility index (Phi) is 9.17. The molecule has 0 aliphatic carbocycles. The topological polar surface area (TPSA) is 171 Å². The normalized spacial score (nSPS) is 23.5. The van der Waals surface area contributed by atoms with E-state index in [0.29, 0.717) is 5.39 Å². The van der Waals surface area contributed by atoms with Crippen LogP contribution in [0.15, 0.2) is 58.2 Å². The summed E-state index contributed by atoms with van der Waals surface area (Å²) in [7, 11) is -2.75. The first-order chi connectivity index (χ1) is 19.7. The highest BCUT2D eigenvalue weighted by atomic mass is 31.1. The summed E-state index contributed by atoms with van der Waals surface area (Å²) >= 11 is 0. The number of esters is 1. The molecule has 1 fully saturated rings. The van der Waals surface area contributed by atoms with E-state index in [9.17, 15) is 19.6 Å². The van der Waals surface area contributed by atoms with Gasteiger partial charge in [-0.25, -0.2) is 14.0 Å². The Morgan fingerprint density at radius 1 is 1.31 bits per heavy atom. The van der Waals surface area contributed by atoms with Gasteiger partial charge in [-0.3, -0.25) is 9.09 Å². The van der Waals surface area contributed by atoms with Gasteiger partial charge < -0.3 is 29.9 Å². The summed E-state index contributed by atoms with van der Waals surface area (Å²) in [5.74, 6) is -0.518. The molecule has 0 amide bonds. The number of benzene rings is 2. The second-order valence-electron chi connectivity index (χ2n) is 11.4. The van der Waals surface area contributed by atoms with Crippen LogP contribution >= 0.6 is 8.17 Å². The number of aliphatic hydroxyl groups is 1. The van der Waals surface area contributed by atoms with Gasteiger partial charge in [-0.05, 0) is 36.8 Å². The number of anilines is 1. The van der Waals surface area contributed by atoms with E-state index >= 15 is 4.39 Å². The average molecular weight is 605 g/mol. The maximum absolute atomic E-state index is 15.4. The number of halogens is 1. The molecule has 2 heterocycles. The molecule has 42 heavy (non-hydrogen) atoms. The molecule has 0 spiro atoms. The minimum atomic E-state index is -2.75. The number of nitrogens with two attached hydrogens (primary N) is 1. The number of fused-ring (bicyclic) bond motifs is 1. The maximum atomic E-state index is 15.4. The van der Waals surface area contributed by atoms with Crippen LogP contribution in [-0.2, 0) is 14.3 Å². The zero-order valence-electron chi connectivity index (χ0n) is 23.9. The molecule has 1 aromatic heterocycles. The monoisotopic (exact) mass is 604 g/mol. The Labute approximate surface area is 242 Å². The molecular formula is C28H34FN4O8P. The highest BCUT2D eigenvalue weighted by molar-refractivity contribution is 7.34. The van der Waals surface area contributed by atoms with Crippen molar-refractivity contribution in [3.8, 4) is 11.5 Å². The minimum Gasteiger partial charge on any atom is -0.575 e. The summed E-state index contributed by atoms with van der Waals surface area (Å²) in [6.07, 6.45) is -3.40. The van der Waals surface area contributed by atoms with Gasteiger partial charge in [-0.2, -0.15) is 4.98 Å². The molecule has 14 heteroatoms. The predicted octanol–water partition coefficient (Wildman–Crippen LogP) is 3.26. The van der Waals surface area contributed by atoms with E-state index in [-0.39, 0.29) is 29.3 Å². The fraction of sp³-hybridized carbons (Fsp3) is 0.464. The third-order valence-electron chi connectivity index (χ3n) is 6.46. The second kappa shape index (κ2) is 12.3. The van der Waals surface area contributed by atoms with Gasteiger partial charge in [0.2, 0.25) is 5.75 Å². The second-order valence-corrected chi connectivity index (χ2v) is 12.3. The van der Waals surface area contributed by atoms with Crippen LogP contribution in [0.4, 0.5) is 10.2 Å². The van der Waals surface area contributed by atoms with Crippen LogP contribution in [0.1, 0.15) is 40.8 Å². The summed E-state index contributed by atoms with van der Waals surface area (Å²) in [6.45, 7) is 8.15. The molecule has 226 valence electrons. The molecular weight excluding hydrogens is 570 g/mol. The number of nitrogens with zero attached hydrogens (tertiary/aromatic N) is 3. The van der Waals surface area contributed by atoms with Gasteiger partial charge in [0.05, 0.1) is 6.61 Å². The molecule has 1 saturated heterocycles. The van der Waals surface area contributed by atoms with E-state index in [0.717, 1.165) is 9.95 Å². The molecule has 0 radical (unpaired) electrons. The SMILES string of the molecule is C[C@H](N=[P+]([O-])Oc1c(OC[C@H]2O[C@@H](n3ccc(N)nc3=O)[C@](C)(O)[C@@H]2F)ccc2ccccc12)C(=O)OCC(C)(C)C. The molecule has 4 rings (SSSR count). The molecule has 3 N–H and O–H groups in total. The number of aromatic nitrogens is 2. The number of alkyl halides is 1. The van der Waals surface area contributed by atoms with E-state index in [1.165, 1.54) is 26.1 Å². The summed E-state index contributed by atoms with van der Waals surface area (Å²) in [5.41, 5.74) is 2.37. The van der Waals surface area contributed by atoms with Crippen LogP contribution in [0, 0.1) is 5.41 Å². The fourth-order valence-electron chi connectivity index (χ4n) is 4.26. The Bertz CT molecular complexity index is 1540. The largest absolute Gasteiger partial charge is 0.575 e. The van der Waals surface area contributed by atoms with Crippen LogP contribution in [0.2, 0.25) is 0 Å². The van der Waals surface area contributed by atoms with E-state index in [2.05, 4.69) is 9.73 Å². The van der Waals surface area contributed by atoms with E-state index < -0.39 is 56.6 Å². The molecule has 1 aliphatic rings. The highest BCUT2D eigenvalue weighted by Gasteiger charge is 2.55. The Hall–Kier alpha value is -3.64. The van der Waals surface area contributed by atoms with Gasteiger partial charge in [0.25, 0.3) is 0 Å². The van der Waals surface area contributed by atoms with E-state index in [4.69, 9.17) is 24.5 Å². The maximum Gasteiger partial charge on any atom is 0.395 e. The lowest BCUT2D eigenvalue weighted by Gasteiger charge is -2.26. The van der Waals surface area contributed by atoms with Crippen molar-refractivity contribution in [3.63, 3.8) is 0 Å². The van der Waals surface area contributed by atoms with Crippen molar-refractivity contribution in [2.24, 2.45) is 10.2 Å². The molecule has 6 atom stereocenters. The molecule has 0 saturated carbocycles. The van der Waals surface area contributed by atoms with E-state index in [1.807, 2.05) is 20.8 Å². The quantitative estimate of drug-likeness (QED) is 0.273. The molecule has 1 aliphatic heterocycles. The number of hydrogen-bond acceptors (Lipinski definition) is 11. The van der Waals surface area contributed by atoms with Crippen molar-refractivity contribution in [2.75, 3.05) is 18.9 Å². The number of carbonyl (C=O) groups is 1. The van der Waals surface area contributed by atoms with Crippen LogP contribution < -0.4 is 25.6 Å². The molecule has 2 aromatic carbocycles. The lowest BCUT2D eigenvalue weighted by molar-refractivity contribution is -0.169. The Morgan fingerprint density at radius 3 is 2.71 bits per heavy atom. The Morgan fingerprint density at radius 2 is 2.02 bits per heavy atom. The summed E-state index contributed by atoms with van der Waals surface area (Å²) in [5, 5.41) is 12.1. The first-order valence-electron chi connectivity index (χ1n) is 13.2. The zero-order valence-corrected chi connectivity index (χ0v) is 24.8. The van der Waals surface area contributed by atoms with Crippen molar-refractivity contribution in [1.29, 1.82) is 0 Å². The van der Waals surface area contributed by atoms with Gasteiger partial charge in [0.1, 0.15) is 24.1 Å². The van der Waals surface area contributed by atoms with Crippen molar-refractivity contribution in [1.82, 2.24) is 9.55 Å². The Balaban J connectivity index is 1.55. The van der Waals surface area contributed by atoms with Crippen LogP contribution in [0.3, 0.4) is 0 Å². The predicted molar refractivity (Wildman–Crippen MR) is 152 cm³/mol. The lowest BCUT2D eigenvalue weighted by atomic mass is 9.98. The molecule has 1 unspecified atom stereocenters. The van der Waals surface area contributed by atoms with Gasteiger partial charge in [-0.15, -0.1) is 0 Å². The zero-order chi connectivity index (χ0) is 30.8. The fourth-order valence-corrected chi connectivity index (χ4v) is 5.03. The van der Waals surface area contributed by atoms with Crippen LogP contribution in [-0.4, -0.2) is 57.8 Å². The average Bonchev–Trinajstić information content (AvgIpc) is 3.14. The number of rotatable bonds is 9. The van der Waals surface area contributed by atoms with Crippen molar-refractivity contribution in [2.45, 2.75) is 64.8 Å². The summed E-state index contributed by atoms with van der Waals surface area (Å²) in [6, 6.07) is 10.6. The van der Waals surface area contributed by atoms with Gasteiger partial charge in [0, 0.05) is 11.6 Å². The lowest BCUT2D eigenvalue weighted by Crippen LogP contribution is -2.44. The van der Waals surface area contributed by atoms with Gasteiger partial charge in [-0.1, -0.05) is 55.8 Å². The van der Waals surface area contributed by atoms with Gasteiger partial charge in [0.15, 0.2) is 24.2 Å². The molecule has 12 nitrogen and oxygen atoms in total. The summed E-state index contributed by atoms with van der Waals surface area (Å²) < 4.78 is 42.8. The minimum absolute atomic E-state index is 0.0318. The molecule has 0 bridgehead atoms. The van der Waals surface area contributed by atoms with Gasteiger partial charge >= 0.3 is 19.8 Å². The highest BCUT2D eigenvalue weighted by Crippen LogP contribution is 2.42. The third kappa shape index (κ3) is 7.04. The number of hydrogen-bond donors (Lipinski definition) is 2. The number of ether oxygens (including phenoxy) is 3. The first kappa shape index (κ1) is 31.3.